The number of para-hydroxylation sites is 2. The van der Waals surface area contributed by atoms with Crippen molar-refractivity contribution in [1.29, 1.82) is 0 Å². The van der Waals surface area contributed by atoms with E-state index in [-0.39, 0.29) is 16.7 Å². The molecule has 0 aliphatic carbocycles. The molecule has 2 heterocycles. The van der Waals surface area contributed by atoms with E-state index in [0.717, 1.165) is 22.6 Å². The average Bonchev–Trinajstić information content (AvgIpc) is 3.19. The average molecular weight is 406 g/mol. The molecule has 144 valence electrons. The first-order valence-corrected chi connectivity index (χ1v) is 9.60. The molecule has 7 heteroatoms. The number of fused-ring (bicyclic) bond motifs is 3. The van der Waals surface area contributed by atoms with Crippen LogP contribution in [-0.2, 0) is 0 Å². The van der Waals surface area contributed by atoms with Crippen molar-refractivity contribution >= 4 is 23.0 Å². The van der Waals surface area contributed by atoms with Crippen molar-refractivity contribution < 1.29 is 9.66 Å². The molecule has 3 aromatic carbocycles. The van der Waals surface area contributed by atoms with Crippen molar-refractivity contribution in [2.24, 2.45) is 5.10 Å². The minimum atomic E-state index is -0.679. The monoisotopic (exact) mass is 405 g/mol. The van der Waals surface area contributed by atoms with Crippen LogP contribution in [0, 0.1) is 10.1 Å². The number of hydrogen-bond acceptors (Lipinski definition) is 5. The van der Waals surface area contributed by atoms with Gasteiger partial charge in [-0.2, -0.15) is 5.10 Å². The molecule has 6 nitrogen and oxygen atoms in total. The fourth-order valence-corrected chi connectivity index (χ4v) is 4.04. The minimum absolute atomic E-state index is 0.0192. The van der Waals surface area contributed by atoms with Gasteiger partial charge in [0.25, 0.3) is 5.69 Å². The normalized spacial score (nSPS) is 19.8. The number of rotatable bonds is 3. The maximum atomic E-state index is 11.6. The van der Waals surface area contributed by atoms with Gasteiger partial charge >= 0.3 is 0 Å². The Morgan fingerprint density at radius 3 is 2.45 bits per heavy atom. The lowest BCUT2D eigenvalue weighted by molar-refractivity contribution is -0.386. The Morgan fingerprint density at radius 1 is 1.00 bits per heavy atom. The Hall–Kier alpha value is -3.38. The number of hydrogen-bond donors (Lipinski definition) is 0. The summed E-state index contributed by atoms with van der Waals surface area (Å²) in [6.07, 6.45) is 0.000348. The topological polar surface area (TPSA) is 68.0 Å². The van der Waals surface area contributed by atoms with Gasteiger partial charge in [0.05, 0.1) is 22.2 Å². The zero-order valence-electron chi connectivity index (χ0n) is 15.2. The van der Waals surface area contributed by atoms with E-state index in [2.05, 4.69) is 0 Å². The summed E-state index contributed by atoms with van der Waals surface area (Å²) < 4.78 is 6.22. The van der Waals surface area contributed by atoms with Crippen LogP contribution < -0.4 is 4.74 Å². The quantitative estimate of drug-likeness (QED) is 0.426. The molecular weight excluding hydrogens is 390 g/mol. The summed E-state index contributed by atoms with van der Waals surface area (Å²) in [5.74, 6) is 0.726. The molecule has 29 heavy (non-hydrogen) atoms. The zero-order chi connectivity index (χ0) is 20.0. The van der Waals surface area contributed by atoms with E-state index < -0.39 is 6.23 Å². The van der Waals surface area contributed by atoms with Gasteiger partial charge in [-0.15, -0.1) is 0 Å². The third kappa shape index (κ3) is 3.02. The highest BCUT2D eigenvalue weighted by Crippen LogP contribution is 2.48. The number of hydrazone groups is 1. The fourth-order valence-electron chi connectivity index (χ4n) is 3.92. The first-order chi connectivity index (χ1) is 14.1. The summed E-state index contributed by atoms with van der Waals surface area (Å²) >= 11 is 6.02. The van der Waals surface area contributed by atoms with Crippen molar-refractivity contribution in [3.05, 3.63) is 105 Å². The molecule has 0 spiro atoms. The molecule has 3 aromatic rings. The maximum absolute atomic E-state index is 11.6. The highest BCUT2D eigenvalue weighted by molar-refractivity contribution is 6.30. The van der Waals surface area contributed by atoms with E-state index >= 15 is 0 Å². The lowest BCUT2D eigenvalue weighted by Crippen LogP contribution is -2.34. The van der Waals surface area contributed by atoms with E-state index in [0.29, 0.717) is 17.0 Å². The number of nitro benzene ring substituents is 1. The van der Waals surface area contributed by atoms with Gasteiger partial charge in [-0.25, -0.2) is 5.01 Å². The molecule has 0 aromatic heterocycles. The van der Waals surface area contributed by atoms with Crippen molar-refractivity contribution in [2.45, 2.75) is 18.7 Å². The maximum Gasteiger partial charge on any atom is 0.278 e. The smallest absolute Gasteiger partial charge is 0.278 e. The van der Waals surface area contributed by atoms with Crippen LogP contribution >= 0.6 is 11.6 Å². The summed E-state index contributed by atoms with van der Waals surface area (Å²) in [6.45, 7) is 0. The predicted molar refractivity (Wildman–Crippen MR) is 110 cm³/mol. The minimum Gasteiger partial charge on any atom is -0.464 e. The Bertz CT molecular complexity index is 1130. The lowest BCUT2D eigenvalue weighted by Gasteiger charge is -2.37. The first-order valence-electron chi connectivity index (χ1n) is 9.22. The Kier molecular flexibility index (Phi) is 4.21. The molecule has 0 amide bonds. The van der Waals surface area contributed by atoms with Gasteiger partial charge < -0.3 is 4.74 Å². The van der Waals surface area contributed by atoms with Crippen molar-refractivity contribution in [2.75, 3.05) is 0 Å². The Labute approximate surface area is 172 Å². The predicted octanol–water partition coefficient (Wildman–Crippen LogP) is 5.49. The summed E-state index contributed by atoms with van der Waals surface area (Å²) in [4.78, 5) is 11.2. The second kappa shape index (κ2) is 6.90. The van der Waals surface area contributed by atoms with Crippen LogP contribution in [-0.4, -0.2) is 15.6 Å². The van der Waals surface area contributed by atoms with Gasteiger partial charge in [0, 0.05) is 23.1 Å². The summed E-state index contributed by atoms with van der Waals surface area (Å²) in [6, 6.07) is 21.9. The van der Waals surface area contributed by atoms with Crippen LogP contribution in [0.5, 0.6) is 5.75 Å². The van der Waals surface area contributed by atoms with E-state index in [4.69, 9.17) is 21.4 Å². The van der Waals surface area contributed by atoms with Gasteiger partial charge in [-0.1, -0.05) is 54.1 Å². The molecule has 0 fully saturated rings. The van der Waals surface area contributed by atoms with E-state index in [1.165, 1.54) is 6.07 Å². The SMILES string of the molecule is O=[N+]([O-])c1ccccc1[C@@H]1Oc2ccccc2[C@H]2CC(c3ccc(Cl)cc3)=NN21. The van der Waals surface area contributed by atoms with Crippen molar-refractivity contribution in [3.63, 3.8) is 0 Å². The molecule has 0 N–H and O–H groups in total. The van der Waals surface area contributed by atoms with E-state index in [9.17, 15) is 10.1 Å². The molecule has 2 aliphatic rings. The number of nitrogens with zero attached hydrogens (tertiary/aromatic N) is 3. The molecule has 0 unspecified atom stereocenters. The van der Waals surface area contributed by atoms with Gasteiger partial charge in [0.15, 0.2) is 0 Å². The van der Waals surface area contributed by atoms with E-state index in [1.54, 1.807) is 18.2 Å². The molecule has 2 atom stereocenters. The van der Waals surface area contributed by atoms with Gasteiger partial charge in [-0.05, 0) is 29.8 Å². The molecule has 0 saturated carbocycles. The van der Waals surface area contributed by atoms with Gasteiger partial charge in [0.1, 0.15) is 5.75 Å². The third-order valence-electron chi connectivity index (χ3n) is 5.28. The van der Waals surface area contributed by atoms with Crippen molar-refractivity contribution in [1.82, 2.24) is 5.01 Å². The van der Waals surface area contributed by atoms with Gasteiger partial charge in [-0.3, -0.25) is 10.1 Å². The van der Waals surface area contributed by atoms with Crippen molar-refractivity contribution in [3.8, 4) is 5.75 Å². The first kappa shape index (κ1) is 17.7. The Balaban J connectivity index is 1.63. The molecule has 5 rings (SSSR count). The second-order valence-electron chi connectivity index (χ2n) is 6.98. The molecule has 2 aliphatic heterocycles. The molecular formula is C22H16ClN3O3. The number of benzene rings is 3. The van der Waals surface area contributed by atoms with Crippen LogP contribution in [0.2, 0.25) is 5.02 Å². The lowest BCUT2D eigenvalue weighted by atomic mass is 9.96. The van der Waals surface area contributed by atoms with Crippen LogP contribution in [0.3, 0.4) is 0 Å². The zero-order valence-corrected chi connectivity index (χ0v) is 16.0. The number of nitro groups is 1. The Morgan fingerprint density at radius 2 is 1.69 bits per heavy atom. The number of halogens is 1. The third-order valence-corrected chi connectivity index (χ3v) is 5.53. The standard InChI is InChI=1S/C22H16ClN3O3/c23-15-11-9-14(10-12-15)18-13-20-16-5-2-4-8-21(16)29-22(25(20)24-18)17-6-1-3-7-19(17)26(27)28/h1-12,20,22H,13H2/t20-,22+/m1/s1. The number of ether oxygens (including phenoxy) is 1. The summed E-state index contributed by atoms with van der Waals surface area (Å²) in [5, 5.41) is 18.9. The largest absolute Gasteiger partial charge is 0.464 e. The summed E-state index contributed by atoms with van der Waals surface area (Å²) in [7, 11) is 0. The van der Waals surface area contributed by atoms with Crippen LogP contribution in [0.1, 0.15) is 35.4 Å². The molecule has 0 radical (unpaired) electrons. The molecule has 0 saturated heterocycles. The van der Waals surface area contributed by atoms with Gasteiger partial charge in [0.2, 0.25) is 6.23 Å². The van der Waals surface area contributed by atoms with Crippen LogP contribution in [0.4, 0.5) is 5.69 Å². The fraction of sp³-hybridized carbons (Fsp3) is 0.136. The second-order valence-corrected chi connectivity index (χ2v) is 7.41. The highest BCUT2D eigenvalue weighted by atomic mass is 35.5. The molecule has 0 bridgehead atoms. The van der Waals surface area contributed by atoms with E-state index in [1.807, 2.05) is 53.5 Å². The highest BCUT2D eigenvalue weighted by Gasteiger charge is 2.42. The van der Waals surface area contributed by atoms with Crippen LogP contribution in [0.15, 0.2) is 77.9 Å². The summed E-state index contributed by atoms with van der Waals surface area (Å²) in [5.41, 5.74) is 3.40. The van der Waals surface area contributed by atoms with Crippen LogP contribution in [0.25, 0.3) is 0 Å².